The standard InChI is InChI=1S/C20H24N6O2S2/c1-13(2)17(19(28)23-12-14-5-3-8-22-11-14)30-20-25-24-18(15-6-4-10-29-15)26(20)9-7-16(21)27/h3-6,8,10-11,13,17H,7,9,12H2,1-2H3,(H2,21,27)(H,23,28). The van der Waals surface area contributed by atoms with Gasteiger partial charge >= 0.3 is 0 Å². The second kappa shape index (κ2) is 10.4. The number of carbonyl (C=O) groups excluding carboxylic acids is 2. The summed E-state index contributed by atoms with van der Waals surface area (Å²) in [5, 5.41) is 13.8. The summed E-state index contributed by atoms with van der Waals surface area (Å²) in [6.45, 7) is 4.75. The molecule has 1 unspecified atom stereocenters. The largest absolute Gasteiger partial charge is 0.370 e. The molecule has 8 nitrogen and oxygen atoms in total. The first kappa shape index (κ1) is 22.0. The summed E-state index contributed by atoms with van der Waals surface area (Å²) in [5.74, 6) is 0.259. The monoisotopic (exact) mass is 444 g/mol. The Morgan fingerprint density at radius 2 is 2.10 bits per heavy atom. The van der Waals surface area contributed by atoms with Gasteiger partial charge in [-0.15, -0.1) is 21.5 Å². The number of rotatable bonds is 10. The van der Waals surface area contributed by atoms with Gasteiger partial charge in [-0.25, -0.2) is 0 Å². The van der Waals surface area contributed by atoms with Crippen molar-refractivity contribution >= 4 is 34.9 Å². The van der Waals surface area contributed by atoms with Crippen molar-refractivity contribution in [1.82, 2.24) is 25.1 Å². The Balaban J connectivity index is 1.78. The minimum absolute atomic E-state index is 0.0652. The number of hydrogen-bond acceptors (Lipinski definition) is 7. The van der Waals surface area contributed by atoms with E-state index in [1.807, 2.05) is 48.1 Å². The highest BCUT2D eigenvalue weighted by molar-refractivity contribution is 8.00. The summed E-state index contributed by atoms with van der Waals surface area (Å²) >= 11 is 2.89. The minimum Gasteiger partial charge on any atom is -0.370 e. The average Bonchev–Trinajstić information content (AvgIpc) is 3.38. The highest BCUT2D eigenvalue weighted by Crippen LogP contribution is 2.32. The molecular formula is C20H24N6O2S2. The molecule has 0 fully saturated rings. The molecule has 3 heterocycles. The van der Waals surface area contributed by atoms with Crippen molar-refractivity contribution in [3.63, 3.8) is 0 Å². The van der Waals surface area contributed by atoms with Crippen molar-refractivity contribution < 1.29 is 9.59 Å². The van der Waals surface area contributed by atoms with Gasteiger partial charge < -0.3 is 15.6 Å². The Labute approximate surface area is 183 Å². The molecule has 1 atom stereocenters. The van der Waals surface area contributed by atoms with E-state index >= 15 is 0 Å². The fourth-order valence-electron chi connectivity index (χ4n) is 2.79. The Kier molecular flexibility index (Phi) is 7.58. The first-order valence-electron chi connectivity index (χ1n) is 9.54. The predicted octanol–water partition coefficient (Wildman–Crippen LogP) is 2.71. The molecular weight excluding hydrogens is 420 g/mol. The van der Waals surface area contributed by atoms with Gasteiger partial charge in [-0.05, 0) is 29.0 Å². The molecule has 3 rings (SSSR count). The summed E-state index contributed by atoms with van der Waals surface area (Å²) in [5.41, 5.74) is 6.29. The third-order valence-electron chi connectivity index (χ3n) is 4.33. The van der Waals surface area contributed by atoms with Crippen LogP contribution in [0.5, 0.6) is 0 Å². The van der Waals surface area contributed by atoms with Gasteiger partial charge in [0.1, 0.15) is 0 Å². The van der Waals surface area contributed by atoms with Gasteiger partial charge in [0.05, 0.1) is 10.1 Å². The number of carbonyl (C=O) groups is 2. The zero-order chi connectivity index (χ0) is 21.5. The first-order valence-corrected chi connectivity index (χ1v) is 11.3. The predicted molar refractivity (Wildman–Crippen MR) is 118 cm³/mol. The molecule has 158 valence electrons. The van der Waals surface area contributed by atoms with E-state index in [0.29, 0.717) is 24.1 Å². The van der Waals surface area contributed by atoms with Gasteiger partial charge in [-0.3, -0.25) is 14.6 Å². The van der Waals surface area contributed by atoms with Crippen LogP contribution in [0.15, 0.2) is 47.2 Å². The molecule has 30 heavy (non-hydrogen) atoms. The normalized spacial score (nSPS) is 12.1. The molecule has 10 heteroatoms. The number of nitrogens with one attached hydrogen (secondary N) is 1. The summed E-state index contributed by atoms with van der Waals surface area (Å²) < 4.78 is 1.87. The number of nitrogens with two attached hydrogens (primary N) is 1. The number of hydrogen-bond donors (Lipinski definition) is 2. The average molecular weight is 445 g/mol. The maximum Gasteiger partial charge on any atom is 0.234 e. The fraction of sp³-hybridized carbons (Fsp3) is 0.350. The molecule has 0 aliphatic rings. The Morgan fingerprint density at radius 1 is 1.27 bits per heavy atom. The highest BCUT2D eigenvalue weighted by atomic mass is 32.2. The summed E-state index contributed by atoms with van der Waals surface area (Å²) in [4.78, 5) is 29.3. The van der Waals surface area contributed by atoms with Crippen LogP contribution in [0.3, 0.4) is 0 Å². The lowest BCUT2D eigenvalue weighted by atomic mass is 10.1. The second-order valence-corrected chi connectivity index (χ2v) is 9.07. The smallest absolute Gasteiger partial charge is 0.234 e. The third-order valence-corrected chi connectivity index (χ3v) is 6.72. The Morgan fingerprint density at radius 3 is 2.73 bits per heavy atom. The molecule has 0 saturated heterocycles. The Hall–Kier alpha value is -2.72. The molecule has 0 saturated carbocycles. The van der Waals surface area contributed by atoms with E-state index in [2.05, 4.69) is 20.5 Å². The number of aromatic nitrogens is 4. The molecule has 0 aromatic carbocycles. The molecule has 3 N–H and O–H groups in total. The van der Waals surface area contributed by atoms with Crippen LogP contribution in [-0.2, 0) is 22.7 Å². The summed E-state index contributed by atoms with van der Waals surface area (Å²) in [6, 6.07) is 7.63. The number of amides is 2. The van der Waals surface area contributed by atoms with Crippen LogP contribution >= 0.6 is 23.1 Å². The van der Waals surface area contributed by atoms with E-state index < -0.39 is 5.91 Å². The quantitative estimate of drug-likeness (QED) is 0.465. The minimum atomic E-state index is -0.397. The van der Waals surface area contributed by atoms with Crippen LogP contribution in [0, 0.1) is 5.92 Å². The van der Waals surface area contributed by atoms with E-state index in [0.717, 1.165) is 10.4 Å². The Bertz CT molecular complexity index is 973. The molecule has 2 amide bonds. The third kappa shape index (κ3) is 5.67. The van der Waals surface area contributed by atoms with Crippen LogP contribution < -0.4 is 11.1 Å². The fourth-order valence-corrected chi connectivity index (χ4v) is 4.59. The number of primary amides is 1. The maximum absolute atomic E-state index is 12.9. The van der Waals surface area contributed by atoms with Crippen molar-refractivity contribution in [2.24, 2.45) is 11.7 Å². The molecule has 0 spiro atoms. The van der Waals surface area contributed by atoms with Gasteiger partial charge in [0, 0.05) is 31.9 Å². The summed E-state index contributed by atoms with van der Waals surface area (Å²) in [6.07, 6.45) is 3.59. The number of pyridine rings is 1. The van der Waals surface area contributed by atoms with Crippen LogP contribution in [-0.4, -0.2) is 36.8 Å². The lowest BCUT2D eigenvalue weighted by Crippen LogP contribution is -2.35. The topological polar surface area (TPSA) is 116 Å². The van der Waals surface area contributed by atoms with Gasteiger partial charge in [-0.2, -0.15) is 0 Å². The van der Waals surface area contributed by atoms with Crippen LogP contribution in [0.1, 0.15) is 25.8 Å². The van der Waals surface area contributed by atoms with Crippen molar-refractivity contribution in [1.29, 1.82) is 0 Å². The lowest BCUT2D eigenvalue weighted by molar-refractivity contribution is -0.121. The number of nitrogens with zero attached hydrogens (tertiary/aromatic N) is 4. The van der Waals surface area contributed by atoms with Gasteiger partial charge in [0.25, 0.3) is 0 Å². The summed E-state index contributed by atoms with van der Waals surface area (Å²) in [7, 11) is 0. The molecule has 3 aromatic heterocycles. The maximum atomic E-state index is 12.9. The molecule has 0 aliphatic heterocycles. The van der Waals surface area contributed by atoms with Gasteiger partial charge in [-0.1, -0.05) is 37.7 Å². The van der Waals surface area contributed by atoms with E-state index in [9.17, 15) is 9.59 Å². The first-order chi connectivity index (χ1) is 14.5. The van der Waals surface area contributed by atoms with E-state index in [1.54, 1.807) is 23.7 Å². The zero-order valence-electron chi connectivity index (χ0n) is 16.8. The highest BCUT2D eigenvalue weighted by Gasteiger charge is 2.27. The van der Waals surface area contributed by atoms with Crippen molar-refractivity contribution in [3.05, 3.63) is 47.6 Å². The molecule has 0 aliphatic carbocycles. The molecule has 0 radical (unpaired) electrons. The van der Waals surface area contributed by atoms with Gasteiger partial charge in [0.15, 0.2) is 11.0 Å². The number of thiophene rings is 1. The SMILES string of the molecule is CC(C)C(Sc1nnc(-c2cccs2)n1CCC(N)=O)C(=O)NCc1cccnc1. The van der Waals surface area contributed by atoms with E-state index in [1.165, 1.54) is 11.8 Å². The zero-order valence-corrected chi connectivity index (χ0v) is 18.4. The molecule has 0 bridgehead atoms. The van der Waals surface area contributed by atoms with E-state index in [4.69, 9.17) is 5.73 Å². The van der Waals surface area contributed by atoms with Gasteiger partial charge in [0.2, 0.25) is 11.8 Å². The second-order valence-electron chi connectivity index (χ2n) is 7.01. The van der Waals surface area contributed by atoms with Crippen molar-refractivity contribution in [2.75, 3.05) is 0 Å². The van der Waals surface area contributed by atoms with Crippen LogP contribution in [0.25, 0.3) is 10.7 Å². The number of thioether (sulfide) groups is 1. The van der Waals surface area contributed by atoms with Crippen LogP contribution in [0.2, 0.25) is 0 Å². The van der Waals surface area contributed by atoms with Crippen LogP contribution in [0.4, 0.5) is 0 Å². The van der Waals surface area contributed by atoms with Crippen molar-refractivity contribution in [3.8, 4) is 10.7 Å². The van der Waals surface area contributed by atoms with Crippen molar-refractivity contribution in [2.45, 2.75) is 43.8 Å². The molecule has 3 aromatic rings. The van der Waals surface area contributed by atoms with E-state index in [-0.39, 0.29) is 23.5 Å². The lowest BCUT2D eigenvalue weighted by Gasteiger charge is -2.20.